The average Bonchev–Trinajstić information content (AvgIpc) is 2.26. The van der Waals surface area contributed by atoms with Gasteiger partial charge in [-0.1, -0.05) is 0 Å². The van der Waals surface area contributed by atoms with E-state index in [0.29, 0.717) is 9.26 Å². The van der Waals surface area contributed by atoms with Crippen molar-refractivity contribution in [3.63, 3.8) is 0 Å². The Hall–Kier alpha value is -0.500. The van der Waals surface area contributed by atoms with Gasteiger partial charge in [0.2, 0.25) is 0 Å². The van der Waals surface area contributed by atoms with E-state index in [9.17, 15) is 13.6 Å². The zero-order valence-corrected chi connectivity index (χ0v) is 11.1. The van der Waals surface area contributed by atoms with Crippen LogP contribution in [0, 0.1) is 3.70 Å². The lowest BCUT2D eigenvalue weighted by Gasteiger charge is -2.10. The summed E-state index contributed by atoms with van der Waals surface area (Å²) in [5.41, 5.74) is -0.537. The Balaban J connectivity index is 3.45. The molecule has 0 saturated heterocycles. The molecule has 0 N–H and O–H groups in total. The summed E-state index contributed by atoms with van der Waals surface area (Å²) in [7, 11) is 1.12. The third kappa shape index (κ3) is 2.79. The predicted octanol–water partition coefficient (Wildman–Crippen LogP) is 3.15. The van der Waals surface area contributed by atoms with Gasteiger partial charge in [0.25, 0.3) is 6.43 Å². The van der Waals surface area contributed by atoms with E-state index in [1.807, 2.05) is 0 Å². The SMILES string of the molecule is COC(=O)c1c(CCl)cc(I)nc1C(F)F. The number of esters is 1. The first-order chi connectivity index (χ1) is 7.51. The van der Waals surface area contributed by atoms with E-state index in [1.54, 1.807) is 22.6 Å². The molecule has 1 aromatic heterocycles. The number of pyridine rings is 1. The summed E-state index contributed by atoms with van der Waals surface area (Å²) in [6.07, 6.45) is -2.84. The number of carbonyl (C=O) groups is 1. The average molecular weight is 362 g/mol. The van der Waals surface area contributed by atoms with Crippen molar-refractivity contribution in [3.8, 4) is 0 Å². The highest BCUT2D eigenvalue weighted by molar-refractivity contribution is 14.1. The topological polar surface area (TPSA) is 39.2 Å². The zero-order chi connectivity index (χ0) is 12.3. The van der Waals surface area contributed by atoms with Crippen LogP contribution in [0.15, 0.2) is 6.07 Å². The van der Waals surface area contributed by atoms with Crippen molar-refractivity contribution in [2.45, 2.75) is 12.3 Å². The second kappa shape index (κ2) is 5.72. The maximum atomic E-state index is 12.7. The quantitative estimate of drug-likeness (QED) is 0.359. The fraction of sp³-hybridized carbons (Fsp3) is 0.333. The fourth-order valence-corrected chi connectivity index (χ4v) is 2.03. The van der Waals surface area contributed by atoms with Crippen LogP contribution in [0.4, 0.5) is 8.78 Å². The van der Waals surface area contributed by atoms with Crippen LogP contribution in [-0.4, -0.2) is 18.1 Å². The molecule has 0 aliphatic carbocycles. The van der Waals surface area contributed by atoms with Crippen molar-refractivity contribution in [1.82, 2.24) is 4.98 Å². The molecule has 1 rings (SSSR count). The molecule has 88 valence electrons. The second-order valence-corrected chi connectivity index (χ2v) is 4.16. The van der Waals surface area contributed by atoms with Crippen LogP contribution in [0.25, 0.3) is 0 Å². The predicted molar refractivity (Wildman–Crippen MR) is 62.8 cm³/mol. The summed E-state index contributed by atoms with van der Waals surface area (Å²) < 4.78 is 30.2. The Labute approximate surface area is 109 Å². The van der Waals surface area contributed by atoms with E-state index in [1.165, 1.54) is 6.07 Å². The van der Waals surface area contributed by atoms with Crippen molar-refractivity contribution >= 4 is 40.2 Å². The fourth-order valence-electron chi connectivity index (χ4n) is 1.18. The molecule has 0 atom stereocenters. The zero-order valence-electron chi connectivity index (χ0n) is 8.14. The third-order valence-corrected chi connectivity index (χ3v) is 2.68. The smallest absolute Gasteiger partial charge is 0.340 e. The highest BCUT2D eigenvalue weighted by Gasteiger charge is 2.24. The largest absolute Gasteiger partial charge is 0.465 e. The van der Waals surface area contributed by atoms with E-state index < -0.39 is 18.1 Å². The molecule has 0 bridgehead atoms. The van der Waals surface area contributed by atoms with Gasteiger partial charge in [0.1, 0.15) is 9.39 Å². The van der Waals surface area contributed by atoms with Crippen LogP contribution in [0.3, 0.4) is 0 Å². The molecule has 0 spiro atoms. The molecular weight excluding hydrogens is 354 g/mol. The minimum atomic E-state index is -2.84. The number of ether oxygens (including phenoxy) is 1. The lowest BCUT2D eigenvalue weighted by atomic mass is 10.1. The Kier molecular flexibility index (Phi) is 4.85. The lowest BCUT2D eigenvalue weighted by Crippen LogP contribution is -2.12. The minimum absolute atomic E-state index is 0.0529. The van der Waals surface area contributed by atoms with Gasteiger partial charge in [0.15, 0.2) is 0 Å². The number of hydrogen-bond acceptors (Lipinski definition) is 3. The lowest BCUT2D eigenvalue weighted by molar-refractivity contribution is 0.0586. The molecule has 0 aliphatic heterocycles. The van der Waals surface area contributed by atoms with Gasteiger partial charge in [0, 0.05) is 5.88 Å². The van der Waals surface area contributed by atoms with Crippen LogP contribution in [0.5, 0.6) is 0 Å². The van der Waals surface area contributed by atoms with E-state index in [4.69, 9.17) is 11.6 Å². The Morgan fingerprint density at radius 3 is 2.75 bits per heavy atom. The molecule has 0 fully saturated rings. The van der Waals surface area contributed by atoms with Crippen LogP contribution < -0.4 is 0 Å². The summed E-state index contributed by atoms with van der Waals surface area (Å²) in [5, 5.41) is 0. The summed E-state index contributed by atoms with van der Waals surface area (Å²) in [6, 6.07) is 1.48. The van der Waals surface area contributed by atoms with Crippen molar-refractivity contribution in [1.29, 1.82) is 0 Å². The van der Waals surface area contributed by atoms with Gasteiger partial charge in [-0.15, -0.1) is 11.6 Å². The second-order valence-electron chi connectivity index (χ2n) is 2.79. The standard InChI is InChI=1S/C9H7ClF2INO2/c1-16-9(15)6-4(3-10)2-5(13)14-7(6)8(11)12/h2,8H,3H2,1H3. The van der Waals surface area contributed by atoms with E-state index >= 15 is 0 Å². The number of nitrogens with zero attached hydrogens (tertiary/aromatic N) is 1. The molecule has 7 heteroatoms. The molecule has 16 heavy (non-hydrogen) atoms. The summed E-state index contributed by atoms with van der Waals surface area (Å²) in [5.74, 6) is -0.905. The summed E-state index contributed by atoms with van der Waals surface area (Å²) in [4.78, 5) is 15.0. The number of rotatable bonds is 3. The molecule has 0 aromatic carbocycles. The number of halogens is 4. The first kappa shape index (κ1) is 13.6. The van der Waals surface area contributed by atoms with Gasteiger partial charge in [0.05, 0.1) is 12.7 Å². The van der Waals surface area contributed by atoms with Crippen molar-refractivity contribution < 1.29 is 18.3 Å². The number of aromatic nitrogens is 1. The number of alkyl halides is 3. The van der Waals surface area contributed by atoms with Gasteiger partial charge in [-0.05, 0) is 34.2 Å². The maximum absolute atomic E-state index is 12.7. The Bertz CT molecular complexity index is 415. The third-order valence-electron chi connectivity index (χ3n) is 1.84. The normalized spacial score (nSPS) is 10.6. The molecule has 0 saturated carbocycles. The highest BCUT2D eigenvalue weighted by Crippen LogP contribution is 2.26. The number of carbonyl (C=O) groups excluding carboxylic acids is 1. The van der Waals surface area contributed by atoms with Crippen molar-refractivity contribution in [3.05, 3.63) is 26.6 Å². The van der Waals surface area contributed by atoms with Gasteiger partial charge in [-0.2, -0.15) is 0 Å². The molecule has 0 radical (unpaired) electrons. The minimum Gasteiger partial charge on any atom is -0.465 e. The number of hydrogen-bond donors (Lipinski definition) is 0. The van der Waals surface area contributed by atoms with Crippen LogP contribution in [-0.2, 0) is 10.6 Å². The monoisotopic (exact) mass is 361 g/mol. The van der Waals surface area contributed by atoms with Crippen molar-refractivity contribution in [2.75, 3.05) is 7.11 Å². The van der Waals surface area contributed by atoms with E-state index in [0.717, 1.165) is 7.11 Å². The highest BCUT2D eigenvalue weighted by atomic mass is 127. The summed E-state index contributed by atoms with van der Waals surface area (Å²) in [6.45, 7) is 0. The Morgan fingerprint density at radius 1 is 1.69 bits per heavy atom. The van der Waals surface area contributed by atoms with E-state index in [-0.39, 0.29) is 11.4 Å². The van der Waals surface area contributed by atoms with Crippen LogP contribution in [0.1, 0.15) is 28.0 Å². The molecule has 1 heterocycles. The molecule has 0 amide bonds. The van der Waals surface area contributed by atoms with Crippen molar-refractivity contribution in [2.24, 2.45) is 0 Å². The maximum Gasteiger partial charge on any atom is 0.340 e. The molecule has 1 aromatic rings. The van der Waals surface area contributed by atoms with Gasteiger partial charge in [-0.3, -0.25) is 0 Å². The number of methoxy groups -OCH3 is 1. The molecule has 0 aliphatic rings. The van der Waals surface area contributed by atoms with Gasteiger partial charge in [-0.25, -0.2) is 18.6 Å². The van der Waals surface area contributed by atoms with Crippen LogP contribution in [0.2, 0.25) is 0 Å². The van der Waals surface area contributed by atoms with E-state index in [2.05, 4.69) is 9.72 Å². The Morgan fingerprint density at radius 2 is 2.31 bits per heavy atom. The first-order valence-corrected chi connectivity index (χ1v) is 5.74. The summed E-state index contributed by atoms with van der Waals surface area (Å²) >= 11 is 7.38. The van der Waals surface area contributed by atoms with Gasteiger partial charge < -0.3 is 4.74 Å². The molecule has 0 unspecified atom stereocenters. The van der Waals surface area contributed by atoms with Gasteiger partial charge >= 0.3 is 5.97 Å². The van der Waals surface area contributed by atoms with Crippen LogP contribution >= 0.6 is 34.2 Å². The molecular formula is C9H7ClF2INO2. The first-order valence-electron chi connectivity index (χ1n) is 4.13. The molecule has 3 nitrogen and oxygen atoms in total.